The van der Waals surface area contributed by atoms with E-state index in [1.54, 1.807) is 6.20 Å². The summed E-state index contributed by atoms with van der Waals surface area (Å²) in [6.45, 7) is 2.92. The first-order valence-electron chi connectivity index (χ1n) is 6.42. The van der Waals surface area contributed by atoms with E-state index >= 15 is 0 Å². The van der Waals surface area contributed by atoms with Crippen LogP contribution in [0.3, 0.4) is 0 Å². The number of hydrogen-bond donors (Lipinski definition) is 1. The van der Waals surface area contributed by atoms with Crippen LogP contribution in [0.5, 0.6) is 5.75 Å². The van der Waals surface area contributed by atoms with E-state index in [4.69, 9.17) is 4.74 Å². The summed E-state index contributed by atoms with van der Waals surface area (Å²) in [7, 11) is 0. The van der Waals surface area contributed by atoms with E-state index in [9.17, 15) is 0 Å². The van der Waals surface area contributed by atoms with Gasteiger partial charge < -0.3 is 4.74 Å². The second-order valence-electron chi connectivity index (χ2n) is 4.51. The molecule has 0 radical (unpaired) electrons. The third-order valence-electron chi connectivity index (χ3n) is 3.02. The number of rotatable bonds is 6. The van der Waals surface area contributed by atoms with Gasteiger partial charge in [0.05, 0.1) is 12.1 Å². The molecule has 1 atom stereocenters. The van der Waals surface area contributed by atoms with Crippen molar-refractivity contribution in [1.29, 1.82) is 0 Å². The van der Waals surface area contributed by atoms with Crippen LogP contribution >= 0.6 is 12.6 Å². The summed E-state index contributed by atoms with van der Waals surface area (Å²) in [5, 5.41) is 1.14. The zero-order valence-electron chi connectivity index (χ0n) is 10.7. The molecule has 0 fully saturated rings. The van der Waals surface area contributed by atoms with E-state index in [1.807, 2.05) is 24.3 Å². The minimum Gasteiger partial charge on any atom is -0.493 e. The fraction of sp³-hybridized carbons (Fsp3) is 0.400. The van der Waals surface area contributed by atoms with Gasteiger partial charge in [-0.05, 0) is 30.4 Å². The van der Waals surface area contributed by atoms with Crippen molar-refractivity contribution in [2.45, 2.75) is 19.8 Å². The predicted molar refractivity (Wildman–Crippen MR) is 79.5 cm³/mol. The molecule has 3 heteroatoms. The smallest absolute Gasteiger partial charge is 0.121 e. The molecule has 0 amide bonds. The van der Waals surface area contributed by atoms with Gasteiger partial charge in [0.15, 0.2) is 0 Å². The molecule has 1 heterocycles. The Kier molecular flexibility index (Phi) is 4.88. The fourth-order valence-corrected chi connectivity index (χ4v) is 2.27. The zero-order chi connectivity index (χ0) is 12.8. The van der Waals surface area contributed by atoms with Crippen LogP contribution in [-0.4, -0.2) is 17.3 Å². The van der Waals surface area contributed by atoms with Crippen molar-refractivity contribution in [3.8, 4) is 5.75 Å². The molecule has 0 saturated carbocycles. The van der Waals surface area contributed by atoms with Gasteiger partial charge in [-0.2, -0.15) is 12.6 Å². The van der Waals surface area contributed by atoms with Gasteiger partial charge >= 0.3 is 0 Å². The number of hydrogen-bond acceptors (Lipinski definition) is 3. The summed E-state index contributed by atoms with van der Waals surface area (Å²) < 4.78 is 5.83. The Labute approximate surface area is 114 Å². The number of ether oxygens (including phenoxy) is 1. The monoisotopic (exact) mass is 261 g/mol. The minimum atomic E-state index is 0.526. The molecule has 1 unspecified atom stereocenters. The van der Waals surface area contributed by atoms with Gasteiger partial charge in [0.1, 0.15) is 5.75 Å². The molecular weight excluding hydrogens is 242 g/mol. The summed E-state index contributed by atoms with van der Waals surface area (Å²) in [6.07, 6.45) is 4.14. The normalized spacial score (nSPS) is 12.6. The van der Waals surface area contributed by atoms with Crippen LogP contribution in [-0.2, 0) is 0 Å². The van der Waals surface area contributed by atoms with Gasteiger partial charge in [0.25, 0.3) is 0 Å². The minimum absolute atomic E-state index is 0.526. The summed E-state index contributed by atoms with van der Waals surface area (Å²) in [6, 6.07) is 10.1. The summed E-state index contributed by atoms with van der Waals surface area (Å²) in [4.78, 5) is 4.33. The molecule has 0 N–H and O–H groups in total. The summed E-state index contributed by atoms with van der Waals surface area (Å²) in [5.41, 5.74) is 0.980. The maximum Gasteiger partial charge on any atom is 0.121 e. The van der Waals surface area contributed by atoms with Crippen LogP contribution in [0.4, 0.5) is 0 Å². The maximum atomic E-state index is 5.83. The lowest BCUT2D eigenvalue weighted by atomic mass is 10.1. The van der Waals surface area contributed by atoms with E-state index in [1.165, 1.54) is 6.42 Å². The van der Waals surface area contributed by atoms with Crippen molar-refractivity contribution >= 4 is 23.5 Å². The Hall–Kier alpha value is -1.22. The Bertz CT molecular complexity index is 501. The van der Waals surface area contributed by atoms with Gasteiger partial charge in [-0.25, -0.2) is 0 Å². The average molecular weight is 261 g/mol. The Morgan fingerprint density at radius 2 is 2.22 bits per heavy atom. The van der Waals surface area contributed by atoms with Crippen molar-refractivity contribution in [3.63, 3.8) is 0 Å². The number of fused-ring (bicyclic) bond motifs is 1. The molecule has 0 bridgehead atoms. The molecule has 2 rings (SSSR count). The Morgan fingerprint density at radius 3 is 3.00 bits per heavy atom. The maximum absolute atomic E-state index is 5.83. The highest BCUT2D eigenvalue weighted by Crippen LogP contribution is 2.20. The number of pyridine rings is 1. The molecule has 0 spiro atoms. The molecule has 0 aliphatic carbocycles. The summed E-state index contributed by atoms with van der Waals surface area (Å²) in [5.74, 6) is 2.29. The highest BCUT2D eigenvalue weighted by molar-refractivity contribution is 7.80. The third kappa shape index (κ3) is 3.39. The average Bonchev–Trinajstić information content (AvgIpc) is 2.43. The highest BCUT2D eigenvalue weighted by atomic mass is 32.1. The molecule has 96 valence electrons. The molecule has 1 aromatic carbocycles. The first-order valence-corrected chi connectivity index (χ1v) is 7.05. The van der Waals surface area contributed by atoms with Crippen molar-refractivity contribution in [2.24, 2.45) is 5.92 Å². The van der Waals surface area contributed by atoms with Gasteiger partial charge in [-0.1, -0.05) is 19.4 Å². The van der Waals surface area contributed by atoms with Crippen LogP contribution in [0.25, 0.3) is 10.9 Å². The lowest BCUT2D eigenvalue weighted by molar-refractivity contribution is 0.255. The van der Waals surface area contributed by atoms with Gasteiger partial charge in [0, 0.05) is 23.6 Å². The summed E-state index contributed by atoms with van der Waals surface area (Å²) >= 11 is 4.36. The van der Waals surface area contributed by atoms with Crippen molar-refractivity contribution < 1.29 is 4.74 Å². The molecular formula is C15H19NOS. The molecule has 2 aromatic rings. The fourth-order valence-electron chi connectivity index (χ4n) is 1.99. The van der Waals surface area contributed by atoms with E-state index in [0.29, 0.717) is 5.92 Å². The molecule has 18 heavy (non-hydrogen) atoms. The number of nitrogens with zero attached hydrogens (tertiary/aromatic N) is 1. The Morgan fingerprint density at radius 1 is 1.33 bits per heavy atom. The van der Waals surface area contributed by atoms with E-state index < -0.39 is 0 Å². The van der Waals surface area contributed by atoms with Crippen LogP contribution < -0.4 is 4.74 Å². The van der Waals surface area contributed by atoms with E-state index in [2.05, 4.69) is 30.6 Å². The molecule has 2 nitrogen and oxygen atoms in total. The van der Waals surface area contributed by atoms with Crippen LogP contribution in [0.15, 0.2) is 36.5 Å². The van der Waals surface area contributed by atoms with Crippen molar-refractivity contribution in [3.05, 3.63) is 36.5 Å². The van der Waals surface area contributed by atoms with Crippen molar-refractivity contribution in [1.82, 2.24) is 4.98 Å². The zero-order valence-corrected chi connectivity index (χ0v) is 11.6. The van der Waals surface area contributed by atoms with Gasteiger partial charge in [0.2, 0.25) is 0 Å². The quantitative estimate of drug-likeness (QED) is 0.795. The topological polar surface area (TPSA) is 22.1 Å². The van der Waals surface area contributed by atoms with Crippen molar-refractivity contribution in [2.75, 3.05) is 12.4 Å². The lowest BCUT2D eigenvalue weighted by Gasteiger charge is -2.14. The van der Waals surface area contributed by atoms with Gasteiger partial charge in [-0.3, -0.25) is 4.98 Å². The Balaban J connectivity index is 2.03. The molecule has 0 aliphatic rings. The predicted octanol–water partition coefficient (Wildman–Crippen LogP) is 3.96. The first-order chi connectivity index (χ1) is 8.83. The SMILES string of the molecule is CCCC(CS)COc1ccc2cccnc2c1. The van der Waals surface area contributed by atoms with Gasteiger partial charge in [-0.15, -0.1) is 0 Å². The second kappa shape index (κ2) is 6.64. The number of benzene rings is 1. The molecule has 0 saturated heterocycles. The highest BCUT2D eigenvalue weighted by Gasteiger charge is 2.07. The molecule has 1 aromatic heterocycles. The van der Waals surface area contributed by atoms with E-state index in [-0.39, 0.29) is 0 Å². The van der Waals surface area contributed by atoms with Crippen LogP contribution in [0, 0.1) is 5.92 Å². The van der Waals surface area contributed by atoms with E-state index in [0.717, 1.165) is 35.4 Å². The standard InChI is InChI=1S/C15H19NOS/c1-2-4-12(11-18)10-17-14-7-6-13-5-3-8-16-15(13)9-14/h3,5-9,12,18H,2,4,10-11H2,1H3. The largest absolute Gasteiger partial charge is 0.493 e. The van der Waals surface area contributed by atoms with Crippen LogP contribution in [0.1, 0.15) is 19.8 Å². The number of thiol groups is 1. The first kappa shape index (κ1) is 13.2. The third-order valence-corrected chi connectivity index (χ3v) is 3.53. The number of aromatic nitrogens is 1. The van der Waals surface area contributed by atoms with Crippen LogP contribution in [0.2, 0.25) is 0 Å². The second-order valence-corrected chi connectivity index (χ2v) is 4.87. The lowest BCUT2D eigenvalue weighted by Crippen LogP contribution is -2.13. The molecule has 0 aliphatic heterocycles.